The van der Waals surface area contributed by atoms with Crippen molar-refractivity contribution >= 4 is 11.4 Å². The summed E-state index contributed by atoms with van der Waals surface area (Å²) in [7, 11) is 5.75. The van der Waals surface area contributed by atoms with Crippen LogP contribution in [0, 0.1) is 6.92 Å². The molecule has 5 heteroatoms. The quantitative estimate of drug-likeness (QED) is 0.617. The number of ether oxygens (including phenoxy) is 2. The number of aromatic nitrogens is 1. The summed E-state index contributed by atoms with van der Waals surface area (Å²) in [6.07, 6.45) is 0.0467. The molecule has 0 bridgehead atoms. The van der Waals surface area contributed by atoms with Gasteiger partial charge >= 0.3 is 0 Å². The summed E-state index contributed by atoms with van der Waals surface area (Å²) >= 11 is 0. The number of hydrogen-bond donors (Lipinski definition) is 0. The molecule has 0 spiro atoms. The molecule has 30 heavy (non-hydrogen) atoms. The van der Waals surface area contributed by atoms with E-state index in [1.165, 1.54) is 11.1 Å². The van der Waals surface area contributed by atoms with Crippen molar-refractivity contribution in [3.63, 3.8) is 0 Å². The number of rotatable bonds is 5. The van der Waals surface area contributed by atoms with Gasteiger partial charge in [-0.3, -0.25) is 0 Å². The van der Waals surface area contributed by atoms with Crippen LogP contribution in [-0.4, -0.2) is 45.9 Å². The number of anilines is 2. The molecular formula is C25H29N3O2. The van der Waals surface area contributed by atoms with Crippen molar-refractivity contribution in [1.29, 1.82) is 0 Å². The maximum Gasteiger partial charge on any atom is 0.213 e. The molecule has 4 rings (SSSR count). The van der Waals surface area contributed by atoms with Crippen LogP contribution in [0.4, 0.5) is 11.4 Å². The first kappa shape index (κ1) is 20.2. The standard InChI is InChI=1S/C25H29N3O2/c1-18-5-7-19(8-6-18)23-17-28(15-16-30-23)22-13-14-24(29-4)26-25(22)20-9-11-21(12-10-20)27(2)3/h5-14,23H,15-17H2,1-4H3. The van der Waals surface area contributed by atoms with E-state index in [1.54, 1.807) is 7.11 Å². The van der Waals surface area contributed by atoms with Gasteiger partial charge < -0.3 is 19.3 Å². The predicted molar refractivity (Wildman–Crippen MR) is 123 cm³/mol. The van der Waals surface area contributed by atoms with E-state index in [0.717, 1.165) is 35.7 Å². The molecule has 0 radical (unpaired) electrons. The largest absolute Gasteiger partial charge is 0.481 e. The highest BCUT2D eigenvalue weighted by Gasteiger charge is 2.25. The number of methoxy groups -OCH3 is 1. The van der Waals surface area contributed by atoms with Crippen LogP contribution in [0.25, 0.3) is 11.3 Å². The molecule has 0 amide bonds. The van der Waals surface area contributed by atoms with Gasteiger partial charge in [-0.25, -0.2) is 4.98 Å². The van der Waals surface area contributed by atoms with Gasteiger partial charge in [0.05, 0.1) is 25.1 Å². The molecule has 1 atom stereocenters. The zero-order valence-corrected chi connectivity index (χ0v) is 18.1. The first-order valence-corrected chi connectivity index (χ1v) is 10.3. The molecule has 5 nitrogen and oxygen atoms in total. The van der Waals surface area contributed by atoms with Crippen molar-refractivity contribution in [2.45, 2.75) is 13.0 Å². The molecule has 2 heterocycles. The van der Waals surface area contributed by atoms with Crippen LogP contribution in [-0.2, 0) is 4.74 Å². The first-order chi connectivity index (χ1) is 14.5. The Bertz CT molecular complexity index is 984. The van der Waals surface area contributed by atoms with Crippen LogP contribution in [0.15, 0.2) is 60.7 Å². The topological polar surface area (TPSA) is 37.8 Å². The highest BCUT2D eigenvalue weighted by molar-refractivity contribution is 5.77. The first-order valence-electron chi connectivity index (χ1n) is 10.3. The van der Waals surface area contributed by atoms with Crippen LogP contribution < -0.4 is 14.5 Å². The summed E-state index contributed by atoms with van der Waals surface area (Å²) in [5.74, 6) is 0.619. The molecule has 1 fully saturated rings. The summed E-state index contributed by atoms with van der Waals surface area (Å²) in [5, 5.41) is 0. The molecule has 0 aliphatic carbocycles. The Morgan fingerprint density at radius 2 is 1.73 bits per heavy atom. The van der Waals surface area contributed by atoms with Crippen LogP contribution in [0.3, 0.4) is 0 Å². The summed E-state index contributed by atoms with van der Waals surface area (Å²) in [6, 6.07) is 21.1. The minimum absolute atomic E-state index is 0.0467. The third-order valence-corrected chi connectivity index (χ3v) is 5.57. The summed E-state index contributed by atoms with van der Waals surface area (Å²) in [5.41, 5.74) is 6.75. The Morgan fingerprint density at radius 1 is 1.00 bits per heavy atom. The lowest BCUT2D eigenvalue weighted by Crippen LogP contribution is -2.38. The Morgan fingerprint density at radius 3 is 2.40 bits per heavy atom. The Kier molecular flexibility index (Phi) is 5.91. The van der Waals surface area contributed by atoms with Crippen LogP contribution in [0.2, 0.25) is 0 Å². The Hall–Kier alpha value is -3.05. The van der Waals surface area contributed by atoms with Gasteiger partial charge in [0.25, 0.3) is 0 Å². The second kappa shape index (κ2) is 8.76. The molecule has 1 aliphatic heterocycles. The van der Waals surface area contributed by atoms with Gasteiger partial charge in [-0.05, 0) is 30.7 Å². The van der Waals surface area contributed by atoms with Gasteiger partial charge in [-0.15, -0.1) is 0 Å². The second-order valence-corrected chi connectivity index (χ2v) is 7.88. The predicted octanol–water partition coefficient (Wildman–Crippen LogP) is 4.71. The van der Waals surface area contributed by atoms with E-state index < -0.39 is 0 Å². The normalized spacial score (nSPS) is 16.4. The molecule has 1 saturated heterocycles. The number of pyridine rings is 1. The molecule has 0 N–H and O–H groups in total. The molecule has 3 aromatic rings. The number of nitrogens with zero attached hydrogens (tertiary/aromatic N) is 3. The lowest BCUT2D eigenvalue weighted by Gasteiger charge is -2.35. The average molecular weight is 404 g/mol. The van der Waals surface area contributed by atoms with E-state index in [-0.39, 0.29) is 6.10 Å². The van der Waals surface area contributed by atoms with Crippen molar-refractivity contribution in [3.05, 3.63) is 71.8 Å². The van der Waals surface area contributed by atoms with Crippen molar-refractivity contribution in [3.8, 4) is 17.1 Å². The molecule has 0 saturated carbocycles. The number of hydrogen-bond acceptors (Lipinski definition) is 5. The van der Waals surface area contributed by atoms with Gasteiger partial charge in [0, 0.05) is 44.5 Å². The smallest absolute Gasteiger partial charge is 0.213 e. The van der Waals surface area contributed by atoms with Crippen molar-refractivity contribution < 1.29 is 9.47 Å². The van der Waals surface area contributed by atoms with E-state index in [1.807, 2.05) is 20.2 Å². The van der Waals surface area contributed by atoms with Gasteiger partial charge in [-0.2, -0.15) is 0 Å². The molecule has 1 unspecified atom stereocenters. The van der Waals surface area contributed by atoms with Gasteiger partial charge in [0.15, 0.2) is 0 Å². The lowest BCUT2D eigenvalue weighted by atomic mass is 10.0. The molecule has 1 aliphatic rings. The summed E-state index contributed by atoms with van der Waals surface area (Å²) in [6.45, 7) is 4.41. The monoisotopic (exact) mass is 403 g/mol. The highest BCUT2D eigenvalue weighted by atomic mass is 16.5. The summed E-state index contributed by atoms with van der Waals surface area (Å²) < 4.78 is 11.5. The Labute approximate surface area is 178 Å². The average Bonchev–Trinajstić information content (AvgIpc) is 2.79. The van der Waals surface area contributed by atoms with Crippen molar-refractivity contribution in [1.82, 2.24) is 4.98 Å². The zero-order valence-electron chi connectivity index (χ0n) is 18.1. The van der Waals surface area contributed by atoms with Crippen molar-refractivity contribution in [2.24, 2.45) is 0 Å². The number of aryl methyl sites for hydroxylation is 1. The number of morpholine rings is 1. The van der Waals surface area contributed by atoms with Gasteiger partial charge in [0.1, 0.15) is 6.10 Å². The minimum atomic E-state index is 0.0467. The van der Waals surface area contributed by atoms with E-state index in [9.17, 15) is 0 Å². The van der Waals surface area contributed by atoms with Crippen molar-refractivity contribution in [2.75, 3.05) is 50.7 Å². The minimum Gasteiger partial charge on any atom is -0.481 e. The molecule has 2 aromatic carbocycles. The second-order valence-electron chi connectivity index (χ2n) is 7.88. The highest BCUT2D eigenvalue weighted by Crippen LogP contribution is 2.35. The lowest BCUT2D eigenvalue weighted by molar-refractivity contribution is 0.0398. The molecule has 1 aromatic heterocycles. The van der Waals surface area contributed by atoms with E-state index >= 15 is 0 Å². The fourth-order valence-corrected chi connectivity index (χ4v) is 3.78. The van der Waals surface area contributed by atoms with Crippen LogP contribution in [0.5, 0.6) is 5.88 Å². The maximum atomic E-state index is 6.10. The zero-order chi connectivity index (χ0) is 21.1. The van der Waals surface area contributed by atoms with Crippen LogP contribution in [0.1, 0.15) is 17.2 Å². The number of benzene rings is 2. The fourth-order valence-electron chi connectivity index (χ4n) is 3.78. The maximum absolute atomic E-state index is 6.10. The van der Waals surface area contributed by atoms with E-state index in [2.05, 4.69) is 71.3 Å². The van der Waals surface area contributed by atoms with Gasteiger partial charge in [-0.1, -0.05) is 42.0 Å². The van der Waals surface area contributed by atoms with Crippen LogP contribution >= 0.6 is 0 Å². The molecular weight excluding hydrogens is 374 g/mol. The Balaban J connectivity index is 1.66. The summed E-state index contributed by atoms with van der Waals surface area (Å²) in [4.78, 5) is 9.27. The van der Waals surface area contributed by atoms with E-state index in [4.69, 9.17) is 14.5 Å². The third-order valence-electron chi connectivity index (χ3n) is 5.57. The van der Waals surface area contributed by atoms with Gasteiger partial charge in [0.2, 0.25) is 5.88 Å². The van der Waals surface area contributed by atoms with E-state index in [0.29, 0.717) is 12.5 Å². The third kappa shape index (κ3) is 4.26. The fraction of sp³-hybridized carbons (Fsp3) is 0.320. The molecule has 156 valence electrons. The SMILES string of the molecule is COc1ccc(N2CCOC(c3ccc(C)cc3)C2)c(-c2ccc(N(C)C)cc2)n1.